The summed E-state index contributed by atoms with van der Waals surface area (Å²) in [4.78, 5) is 12.9. The third kappa shape index (κ3) is 3.12. The van der Waals surface area contributed by atoms with Crippen molar-refractivity contribution in [2.45, 2.75) is 26.8 Å². The maximum absolute atomic E-state index is 10.7. The number of thiophene rings is 1. The Morgan fingerprint density at radius 3 is 2.63 bits per heavy atom. The van der Waals surface area contributed by atoms with Crippen LogP contribution < -0.4 is 5.32 Å². The van der Waals surface area contributed by atoms with Crippen molar-refractivity contribution >= 4 is 22.7 Å². The zero-order valence-corrected chi connectivity index (χ0v) is 12.0. The Morgan fingerprint density at radius 2 is 2.05 bits per heavy atom. The number of benzene rings is 1. The van der Waals surface area contributed by atoms with Crippen LogP contribution in [0.4, 0.5) is 11.4 Å². The number of nitrogens with one attached hydrogen (secondary N) is 1. The van der Waals surface area contributed by atoms with Gasteiger partial charge in [0.2, 0.25) is 0 Å². The lowest BCUT2D eigenvalue weighted by molar-refractivity contribution is -0.384. The third-order valence-corrected chi connectivity index (χ3v) is 3.97. The largest absolute Gasteiger partial charge is 0.378 e. The van der Waals surface area contributed by atoms with Crippen LogP contribution in [0.5, 0.6) is 0 Å². The summed E-state index contributed by atoms with van der Waals surface area (Å²) in [5, 5.41) is 14.1. The molecule has 0 radical (unpaired) electrons. The average molecular weight is 276 g/mol. The summed E-state index contributed by atoms with van der Waals surface area (Å²) in [6.07, 6.45) is 0. The molecule has 0 saturated carbocycles. The van der Waals surface area contributed by atoms with E-state index >= 15 is 0 Å². The Labute approximate surface area is 116 Å². The summed E-state index contributed by atoms with van der Waals surface area (Å²) in [6.45, 7) is 6.24. The zero-order chi connectivity index (χ0) is 14.0. The lowest BCUT2D eigenvalue weighted by atomic mass is 10.1. The molecule has 1 unspecified atom stereocenters. The molecule has 0 spiro atoms. The van der Waals surface area contributed by atoms with Gasteiger partial charge in [0.1, 0.15) is 0 Å². The van der Waals surface area contributed by atoms with E-state index in [0.29, 0.717) is 0 Å². The summed E-state index contributed by atoms with van der Waals surface area (Å²) < 4.78 is 0. The van der Waals surface area contributed by atoms with Crippen LogP contribution in [0.1, 0.15) is 28.3 Å². The van der Waals surface area contributed by atoms with Gasteiger partial charge in [-0.25, -0.2) is 0 Å². The minimum Gasteiger partial charge on any atom is -0.378 e. The monoisotopic (exact) mass is 276 g/mol. The zero-order valence-electron chi connectivity index (χ0n) is 11.1. The molecular weight excluding hydrogens is 260 g/mol. The Balaban J connectivity index is 2.19. The summed E-state index contributed by atoms with van der Waals surface area (Å²) in [5.74, 6) is 0. The second-order valence-electron chi connectivity index (χ2n) is 4.54. The molecule has 1 atom stereocenters. The van der Waals surface area contributed by atoms with Crippen molar-refractivity contribution in [3.8, 4) is 0 Å². The minimum atomic E-state index is -0.379. The number of non-ortho nitro benzene ring substituents is 1. The molecule has 0 aliphatic carbocycles. The van der Waals surface area contributed by atoms with Gasteiger partial charge in [-0.1, -0.05) is 6.07 Å². The molecule has 5 heteroatoms. The average Bonchev–Trinajstić information content (AvgIpc) is 2.69. The van der Waals surface area contributed by atoms with E-state index in [1.54, 1.807) is 23.5 Å². The number of hydrogen-bond acceptors (Lipinski definition) is 4. The van der Waals surface area contributed by atoms with E-state index in [1.807, 2.05) is 6.07 Å². The van der Waals surface area contributed by atoms with Gasteiger partial charge in [-0.15, -0.1) is 11.3 Å². The van der Waals surface area contributed by atoms with E-state index in [4.69, 9.17) is 0 Å². The van der Waals surface area contributed by atoms with Crippen molar-refractivity contribution in [2.24, 2.45) is 0 Å². The number of rotatable bonds is 4. The van der Waals surface area contributed by atoms with E-state index in [2.05, 4.69) is 32.2 Å². The van der Waals surface area contributed by atoms with Crippen molar-refractivity contribution in [1.29, 1.82) is 0 Å². The first-order valence-corrected chi connectivity index (χ1v) is 6.87. The molecule has 100 valence electrons. The number of nitrogens with zero attached hydrogens (tertiary/aromatic N) is 1. The number of hydrogen-bond donors (Lipinski definition) is 1. The number of aryl methyl sites for hydroxylation is 2. The maximum Gasteiger partial charge on any atom is 0.271 e. The van der Waals surface area contributed by atoms with Crippen molar-refractivity contribution in [3.63, 3.8) is 0 Å². The van der Waals surface area contributed by atoms with Crippen LogP contribution in [0.15, 0.2) is 30.3 Å². The number of nitro groups is 1. The lowest BCUT2D eigenvalue weighted by Gasteiger charge is -2.15. The molecule has 0 amide bonds. The van der Waals surface area contributed by atoms with Crippen LogP contribution in [0.3, 0.4) is 0 Å². The highest BCUT2D eigenvalue weighted by Crippen LogP contribution is 2.29. The van der Waals surface area contributed by atoms with Crippen LogP contribution in [0.25, 0.3) is 0 Å². The normalized spacial score (nSPS) is 12.2. The van der Waals surface area contributed by atoms with Crippen LogP contribution in [-0.4, -0.2) is 4.92 Å². The lowest BCUT2D eigenvalue weighted by Crippen LogP contribution is -2.06. The van der Waals surface area contributed by atoms with Gasteiger partial charge in [-0.2, -0.15) is 0 Å². The second-order valence-corrected chi connectivity index (χ2v) is 6.00. The highest BCUT2D eigenvalue weighted by atomic mass is 32.1. The molecule has 1 aromatic heterocycles. The second kappa shape index (κ2) is 5.40. The van der Waals surface area contributed by atoms with Crippen LogP contribution in [0, 0.1) is 24.0 Å². The minimum absolute atomic E-state index is 0.107. The Kier molecular flexibility index (Phi) is 3.85. The van der Waals surface area contributed by atoms with Crippen molar-refractivity contribution < 1.29 is 4.92 Å². The predicted molar refractivity (Wildman–Crippen MR) is 78.9 cm³/mol. The Bertz CT molecular complexity index is 607. The van der Waals surface area contributed by atoms with E-state index < -0.39 is 0 Å². The first-order valence-electron chi connectivity index (χ1n) is 6.05. The molecular formula is C14H16N2O2S. The molecule has 1 N–H and O–H groups in total. The van der Waals surface area contributed by atoms with Gasteiger partial charge in [-0.3, -0.25) is 10.1 Å². The van der Waals surface area contributed by atoms with Crippen molar-refractivity contribution in [1.82, 2.24) is 0 Å². The molecule has 0 aliphatic heterocycles. The first kappa shape index (κ1) is 13.5. The molecule has 2 rings (SSSR count). The maximum atomic E-state index is 10.7. The number of nitro benzene ring substituents is 1. The summed E-state index contributed by atoms with van der Waals surface area (Å²) >= 11 is 1.77. The van der Waals surface area contributed by atoms with Crippen LogP contribution in [0.2, 0.25) is 0 Å². The molecule has 2 aromatic rings. The van der Waals surface area contributed by atoms with Crippen molar-refractivity contribution in [3.05, 3.63) is 55.8 Å². The Morgan fingerprint density at radius 1 is 1.32 bits per heavy atom. The molecule has 4 nitrogen and oxygen atoms in total. The van der Waals surface area contributed by atoms with Gasteiger partial charge < -0.3 is 5.32 Å². The highest BCUT2D eigenvalue weighted by Gasteiger charge is 2.12. The molecule has 0 aliphatic rings. The van der Waals surface area contributed by atoms with E-state index in [9.17, 15) is 10.1 Å². The summed E-state index contributed by atoms with van der Waals surface area (Å²) in [5.41, 5.74) is 2.12. The fourth-order valence-electron chi connectivity index (χ4n) is 2.12. The van der Waals surface area contributed by atoms with Gasteiger partial charge >= 0.3 is 0 Å². The molecule has 1 heterocycles. The van der Waals surface area contributed by atoms with E-state index in [0.717, 1.165) is 5.69 Å². The van der Waals surface area contributed by atoms with Gasteiger partial charge in [-0.05, 0) is 38.5 Å². The smallest absolute Gasteiger partial charge is 0.271 e. The van der Waals surface area contributed by atoms with Crippen molar-refractivity contribution in [2.75, 3.05) is 5.32 Å². The summed E-state index contributed by atoms with van der Waals surface area (Å²) in [6, 6.07) is 8.89. The highest BCUT2D eigenvalue weighted by molar-refractivity contribution is 7.12. The predicted octanol–water partition coefficient (Wildman–Crippen LogP) is 4.45. The molecule has 1 aromatic carbocycles. The SMILES string of the molecule is Cc1cc(C(C)Nc2cccc([N+](=O)[O-])c2)c(C)s1. The van der Waals surface area contributed by atoms with Gasteiger partial charge in [0, 0.05) is 33.6 Å². The Hall–Kier alpha value is -1.88. The molecule has 0 fully saturated rings. The first-order chi connectivity index (χ1) is 8.97. The van der Waals surface area contributed by atoms with Crippen LogP contribution >= 0.6 is 11.3 Å². The molecule has 19 heavy (non-hydrogen) atoms. The fraction of sp³-hybridized carbons (Fsp3) is 0.286. The number of anilines is 1. The third-order valence-electron chi connectivity index (χ3n) is 2.99. The van der Waals surface area contributed by atoms with Gasteiger partial charge in [0.15, 0.2) is 0 Å². The van der Waals surface area contributed by atoms with E-state index in [-0.39, 0.29) is 16.7 Å². The van der Waals surface area contributed by atoms with Gasteiger partial charge in [0.05, 0.1) is 4.92 Å². The topological polar surface area (TPSA) is 55.2 Å². The molecule has 0 saturated heterocycles. The van der Waals surface area contributed by atoms with Gasteiger partial charge in [0.25, 0.3) is 5.69 Å². The summed E-state index contributed by atoms with van der Waals surface area (Å²) in [7, 11) is 0. The molecule has 0 bridgehead atoms. The van der Waals surface area contributed by atoms with E-state index in [1.165, 1.54) is 21.4 Å². The van der Waals surface area contributed by atoms with Crippen LogP contribution in [-0.2, 0) is 0 Å². The standard InChI is InChI=1S/C14H16N2O2S/c1-9-7-14(11(3)19-9)10(2)15-12-5-4-6-13(8-12)16(17)18/h4-8,10,15H,1-3H3. The fourth-order valence-corrected chi connectivity index (χ4v) is 3.14. The quantitative estimate of drug-likeness (QED) is 0.663.